The molecule has 0 aromatic heterocycles. The Morgan fingerprint density at radius 3 is 1.81 bits per heavy atom. The Kier molecular flexibility index (Phi) is 6.52. The maximum absolute atomic E-state index is 15.2. The van der Waals surface area contributed by atoms with E-state index in [4.69, 9.17) is 0 Å². The van der Waals surface area contributed by atoms with Crippen LogP contribution in [-0.2, 0) is 9.98 Å². The zero-order valence-electron chi connectivity index (χ0n) is 24.5. The van der Waals surface area contributed by atoms with Crippen molar-refractivity contribution >= 4 is 33.8 Å². The minimum absolute atomic E-state index is 0.0215. The molecule has 1 aliphatic rings. The summed E-state index contributed by atoms with van der Waals surface area (Å²) in [5.41, 5.74) is 9.14. The molecule has 1 aliphatic carbocycles. The van der Waals surface area contributed by atoms with Gasteiger partial charge in [-0.25, -0.2) is 0 Å². The number of fused-ring (bicyclic) bond motifs is 2. The van der Waals surface area contributed by atoms with Gasteiger partial charge >= 0.3 is 0 Å². The Morgan fingerprint density at radius 1 is 0.571 bits per heavy atom. The van der Waals surface area contributed by atoms with Crippen molar-refractivity contribution in [1.29, 1.82) is 0 Å². The molecule has 7 rings (SSSR count). The molecule has 0 bridgehead atoms. The molecule has 0 saturated heterocycles. The van der Waals surface area contributed by atoms with Crippen molar-refractivity contribution in [1.82, 2.24) is 0 Å². The lowest BCUT2D eigenvalue weighted by Gasteiger charge is -2.40. The molecule has 0 unspecified atom stereocenters. The third-order valence-electron chi connectivity index (χ3n) is 9.55. The predicted octanol–water partition coefficient (Wildman–Crippen LogP) is 9.54. The zero-order chi connectivity index (χ0) is 28.9. The molecule has 42 heavy (non-hydrogen) atoms. The van der Waals surface area contributed by atoms with E-state index in [0.717, 1.165) is 34.3 Å². The summed E-state index contributed by atoms with van der Waals surface area (Å²) in [5, 5.41) is 5.20. The van der Waals surface area contributed by atoms with Gasteiger partial charge in [0.2, 0.25) is 0 Å². The van der Waals surface area contributed by atoms with Crippen LogP contribution in [0.3, 0.4) is 0 Å². The minimum Gasteiger partial charge on any atom is -0.309 e. The second-order valence-corrected chi connectivity index (χ2v) is 14.3. The van der Waals surface area contributed by atoms with E-state index in [0.29, 0.717) is 0 Å². The fourth-order valence-electron chi connectivity index (χ4n) is 7.46. The first-order chi connectivity index (χ1) is 20.5. The molecule has 2 heteroatoms. The van der Waals surface area contributed by atoms with Gasteiger partial charge < -0.3 is 4.57 Å². The monoisotopic (exact) mass is 562 g/mol. The molecule has 0 heterocycles. The van der Waals surface area contributed by atoms with Crippen LogP contribution in [0.15, 0.2) is 133 Å². The smallest absolute Gasteiger partial charge is 0.171 e. The van der Waals surface area contributed by atoms with Gasteiger partial charge in [0.25, 0.3) is 0 Å². The molecule has 206 valence electrons. The van der Waals surface area contributed by atoms with Gasteiger partial charge in [-0.15, -0.1) is 0 Å². The van der Waals surface area contributed by atoms with Crippen molar-refractivity contribution in [3.63, 3.8) is 0 Å². The van der Waals surface area contributed by atoms with Crippen LogP contribution in [0.1, 0.15) is 43.4 Å². The van der Waals surface area contributed by atoms with E-state index in [-0.39, 0.29) is 5.41 Å². The van der Waals surface area contributed by atoms with Crippen LogP contribution in [0.25, 0.3) is 33.0 Å². The van der Waals surface area contributed by atoms with Crippen molar-refractivity contribution in [3.8, 4) is 22.3 Å². The Bertz CT molecular complexity index is 1940. The van der Waals surface area contributed by atoms with Gasteiger partial charge in [-0.3, -0.25) is 0 Å². The van der Waals surface area contributed by atoms with Crippen LogP contribution in [-0.4, -0.2) is 0 Å². The van der Waals surface area contributed by atoms with Crippen molar-refractivity contribution in [3.05, 3.63) is 150 Å². The highest BCUT2D eigenvalue weighted by molar-refractivity contribution is 7.85. The van der Waals surface area contributed by atoms with Gasteiger partial charge in [-0.1, -0.05) is 141 Å². The molecule has 0 N–H and O–H groups in total. The van der Waals surface area contributed by atoms with E-state index in [1.54, 1.807) is 0 Å². The van der Waals surface area contributed by atoms with E-state index in [2.05, 4.69) is 87.5 Å². The number of aryl methyl sites for hydroxylation is 1. The van der Waals surface area contributed by atoms with Gasteiger partial charge in [0.1, 0.15) is 0 Å². The summed E-state index contributed by atoms with van der Waals surface area (Å²) >= 11 is 0. The molecule has 0 amide bonds. The number of benzene rings is 6. The molecule has 0 fully saturated rings. The van der Waals surface area contributed by atoms with Crippen molar-refractivity contribution in [2.24, 2.45) is 0 Å². The summed E-state index contributed by atoms with van der Waals surface area (Å²) in [4.78, 5) is 0. The van der Waals surface area contributed by atoms with Crippen molar-refractivity contribution < 1.29 is 4.57 Å². The molecule has 0 atom stereocenters. The van der Waals surface area contributed by atoms with Crippen LogP contribution in [0.5, 0.6) is 0 Å². The van der Waals surface area contributed by atoms with Crippen molar-refractivity contribution in [2.75, 3.05) is 0 Å². The summed E-state index contributed by atoms with van der Waals surface area (Å²) in [6.07, 6.45) is 2.10. The van der Waals surface area contributed by atoms with E-state index in [1.165, 1.54) is 44.2 Å². The highest BCUT2D eigenvalue weighted by Crippen LogP contribution is 2.54. The highest BCUT2D eigenvalue weighted by atomic mass is 31.2. The lowest BCUT2D eigenvalue weighted by Crippen LogP contribution is -2.29. The standard InChI is InChI=1S/C40H35OP/c1-4-40(5-2)36-24-13-12-22-34(36)38-28(3)26-35(33-23-15-25-37(40)39(33)38)29-16-14-21-32(27-29)42(41,30-17-8-6-9-18-30)31-19-10-7-11-20-31/h6-27H,4-5H2,1-3H3. The van der Waals surface area contributed by atoms with Crippen LogP contribution in [0, 0.1) is 6.92 Å². The molecule has 1 nitrogen and oxygen atoms in total. The Labute approximate surface area is 249 Å². The van der Waals surface area contributed by atoms with Crippen LogP contribution in [0.4, 0.5) is 0 Å². The first-order valence-electron chi connectivity index (χ1n) is 15.0. The van der Waals surface area contributed by atoms with E-state index >= 15 is 4.57 Å². The van der Waals surface area contributed by atoms with E-state index in [1.807, 2.05) is 66.7 Å². The van der Waals surface area contributed by atoms with E-state index < -0.39 is 7.14 Å². The summed E-state index contributed by atoms with van der Waals surface area (Å²) in [7, 11) is -3.08. The first-order valence-corrected chi connectivity index (χ1v) is 16.7. The zero-order valence-corrected chi connectivity index (χ0v) is 25.4. The largest absolute Gasteiger partial charge is 0.309 e. The Balaban J connectivity index is 1.51. The maximum Gasteiger partial charge on any atom is 0.171 e. The number of rotatable bonds is 6. The normalized spacial score (nSPS) is 13.6. The lowest BCUT2D eigenvalue weighted by atomic mass is 9.62. The fourth-order valence-corrected chi connectivity index (χ4v) is 10.2. The molecular formula is C40H35OP. The van der Waals surface area contributed by atoms with Gasteiger partial charge in [0, 0.05) is 21.3 Å². The Hall–Kier alpha value is -4.19. The Morgan fingerprint density at radius 2 is 1.14 bits per heavy atom. The molecule has 6 aromatic carbocycles. The number of hydrogen-bond donors (Lipinski definition) is 0. The first kappa shape index (κ1) is 26.7. The van der Waals surface area contributed by atoms with Gasteiger partial charge in [-0.2, -0.15) is 0 Å². The number of hydrogen-bond acceptors (Lipinski definition) is 1. The van der Waals surface area contributed by atoms with Gasteiger partial charge in [0.15, 0.2) is 7.14 Å². The molecule has 0 saturated carbocycles. The predicted molar refractivity (Wildman–Crippen MR) is 180 cm³/mol. The van der Waals surface area contributed by atoms with E-state index in [9.17, 15) is 0 Å². The summed E-state index contributed by atoms with van der Waals surface area (Å²) in [5.74, 6) is 0. The average Bonchev–Trinajstić information content (AvgIpc) is 3.06. The van der Waals surface area contributed by atoms with Crippen molar-refractivity contribution in [2.45, 2.75) is 39.0 Å². The van der Waals surface area contributed by atoms with Gasteiger partial charge in [-0.05, 0) is 75.5 Å². The second kappa shape index (κ2) is 10.3. The van der Waals surface area contributed by atoms with Crippen LogP contribution >= 0.6 is 7.14 Å². The topological polar surface area (TPSA) is 17.1 Å². The van der Waals surface area contributed by atoms with Crippen LogP contribution in [0.2, 0.25) is 0 Å². The molecular weight excluding hydrogens is 527 g/mol. The minimum atomic E-state index is -3.08. The molecule has 0 radical (unpaired) electrons. The quantitative estimate of drug-likeness (QED) is 0.185. The molecule has 0 spiro atoms. The fraction of sp³-hybridized carbons (Fsp3) is 0.150. The maximum atomic E-state index is 15.2. The average molecular weight is 563 g/mol. The third-order valence-corrected chi connectivity index (χ3v) is 12.6. The summed E-state index contributed by atoms with van der Waals surface area (Å²) in [6, 6.07) is 46.6. The molecule has 0 aliphatic heterocycles. The molecule has 6 aromatic rings. The van der Waals surface area contributed by atoms with Gasteiger partial charge in [0.05, 0.1) is 0 Å². The second-order valence-electron chi connectivity index (χ2n) is 11.5. The highest BCUT2D eigenvalue weighted by Gasteiger charge is 2.39. The lowest BCUT2D eigenvalue weighted by molar-refractivity contribution is 0.481. The third kappa shape index (κ3) is 3.80. The van der Waals surface area contributed by atoms with Crippen LogP contribution < -0.4 is 15.9 Å². The summed E-state index contributed by atoms with van der Waals surface area (Å²) in [6.45, 7) is 6.91. The SMILES string of the molecule is CCC1(CC)c2ccccc2-c2c(C)cc(-c3cccc(P(=O)(c4ccccc4)c4ccccc4)c3)c3cccc1c23. The summed E-state index contributed by atoms with van der Waals surface area (Å²) < 4.78 is 15.2.